The molecule has 1 fully saturated rings. The normalized spacial score (nSPS) is 12.6. The molecule has 1 saturated heterocycles. The molecule has 76 heavy (non-hydrogen) atoms. The molecule has 2 N–H and O–H groups in total. The molecule has 0 bridgehead atoms. The molecule has 2 aromatic heterocycles. The lowest BCUT2D eigenvalue weighted by Gasteiger charge is -2.40. The highest BCUT2D eigenvalue weighted by molar-refractivity contribution is 6.12. The Bertz CT molecular complexity index is 3860. The fourth-order valence-corrected chi connectivity index (χ4v) is 9.34. The highest BCUT2D eigenvalue weighted by Crippen LogP contribution is 2.38. The minimum atomic E-state index is -2.50. The summed E-state index contributed by atoms with van der Waals surface area (Å²) in [7, 11) is 0. The lowest BCUT2D eigenvalue weighted by molar-refractivity contribution is -0.133. The number of nitrogens with zero attached hydrogens (tertiary/aromatic N) is 2. The first kappa shape index (κ1) is 50.4. The topological polar surface area (TPSA) is 95.8 Å². The first-order valence-corrected chi connectivity index (χ1v) is 24.8. The fourth-order valence-electron chi connectivity index (χ4n) is 9.34. The first-order chi connectivity index (χ1) is 36.8. The van der Waals surface area contributed by atoms with Gasteiger partial charge < -0.3 is 34.0 Å². The van der Waals surface area contributed by atoms with Gasteiger partial charge in [-0.2, -0.15) is 13.2 Å². The van der Waals surface area contributed by atoms with Crippen LogP contribution in [0.4, 0.5) is 24.5 Å². The third kappa shape index (κ3) is 10.4. The molecule has 0 aliphatic carbocycles. The maximum absolute atomic E-state index is 13.1. The molecular formula is C64H53F3N4O5. The Morgan fingerprint density at radius 1 is 0.539 bits per heavy atom. The van der Waals surface area contributed by atoms with Crippen LogP contribution in [0.15, 0.2) is 218 Å². The van der Waals surface area contributed by atoms with Crippen LogP contribution in [0, 0.1) is 5.41 Å². The molecule has 8 aromatic carbocycles. The monoisotopic (exact) mass is 1010 g/mol. The first-order valence-electron chi connectivity index (χ1n) is 24.8. The van der Waals surface area contributed by atoms with Gasteiger partial charge in [0.2, 0.25) is 0 Å². The van der Waals surface area contributed by atoms with Crippen LogP contribution in [0.5, 0.6) is 11.5 Å². The Morgan fingerprint density at radius 2 is 0.947 bits per heavy atom. The van der Waals surface area contributed by atoms with Gasteiger partial charge in [-0.15, -0.1) is 0 Å². The van der Waals surface area contributed by atoms with Crippen molar-refractivity contribution in [2.75, 3.05) is 30.5 Å². The van der Waals surface area contributed by atoms with Gasteiger partial charge in [0.25, 0.3) is 11.8 Å². The molecule has 1 aliphatic rings. The van der Waals surface area contributed by atoms with E-state index in [4.69, 9.17) is 9.47 Å². The third-order valence-corrected chi connectivity index (χ3v) is 13.7. The van der Waals surface area contributed by atoms with E-state index in [1.165, 1.54) is 22.9 Å². The number of anilines is 2. The molecule has 2 amide bonds. The molecule has 0 radical (unpaired) electrons. The molecule has 3 heterocycles. The maximum Gasteiger partial charge on any atom is 0.344 e. The Morgan fingerprint density at radius 3 is 1.34 bits per heavy atom. The number of nitrogens with one attached hydrogen (secondary N) is 2. The van der Waals surface area contributed by atoms with Crippen molar-refractivity contribution >= 4 is 66.8 Å². The Balaban J connectivity index is 0.000000173. The minimum absolute atomic E-state index is 0.0189. The van der Waals surface area contributed by atoms with Crippen LogP contribution in [-0.4, -0.2) is 40.8 Å². The van der Waals surface area contributed by atoms with E-state index >= 15 is 0 Å². The molecule has 0 unspecified atom stereocenters. The van der Waals surface area contributed by atoms with E-state index in [0.717, 1.165) is 97.5 Å². The lowest BCUT2D eigenvalue weighted by atomic mass is 9.84. The van der Waals surface area contributed by atoms with Crippen molar-refractivity contribution in [2.24, 2.45) is 5.41 Å². The van der Waals surface area contributed by atoms with Crippen molar-refractivity contribution < 1.29 is 37.0 Å². The summed E-state index contributed by atoms with van der Waals surface area (Å²) in [6, 6.07) is 57.4. The summed E-state index contributed by atoms with van der Waals surface area (Å²) in [5.74, 6) is 0.464. The molecule has 11 rings (SSSR count). The molecular weight excluding hydrogens is 962 g/mol. The minimum Gasteiger partial charge on any atom is -0.493 e. The van der Waals surface area contributed by atoms with E-state index in [2.05, 4.69) is 123 Å². The van der Waals surface area contributed by atoms with Crippen LogP contribution in [0.3, 0.4) is 0 Å². The molecule has 0 atom stereocenters. The third-order valence-electron chi connectivity index (χ3n) is 13.7. The van der Waals surface area contributed by atoms with Crippen LogP contribution < -0.4 is 20.1 Å². The van der Waals surface area contributed by atoms with E-state index in [1.807, 2.05) is 78.9 Å². The van der Waals surface area contributed by atoms with Gasteiger partial charge in [-0.3, -0.25) is 9.59 Å². The summed E-state index contributed by atoms with van der Waals surface area (Å²) in [5, 5.41) is 10.2. The predicted molar refractivity (Wildman–Crippen MR) is 299 cm³/mol. The Hall–Kier alpha value is -9.13. The lowest BCUT2D eigenvalue weighted by Crippen LogP contribution is -2.46. The summed E-state index contributed by atoms with van der Waals surface area (Å²) in [6.07, 6.45) is -1.44. The molecule has 0 spiro atoms. The molecule has 380 valence electrons. The van der Waals surface area contributed by atoms with Crippen molar-refractivity contribution in [3.05, 3.63) is 218 Å². The highest BCUT2D eigenvalue weighted by Gasteiger charge is 2.37. The van der Waals surface area contributed by atoms with E-state index in [9.17, 15) is 22.8 Å². The Kier molecular flexibility index (Phi) is 14.2. The van der Waals surface area contributed by atoms with Gasteiger partial charge in [0.1, 0.15) is 11.5 Å². The van der Waals surface area contributed by atoms with Crippen LogP contribution in [0.2, 0.25) is 0 Å². The highest BCUT2D eigenvalue weighted by atomic mass is 19.3. The van der Waals surface area contributed by atoms with Crippen LogP contribution >= 0.6 is 0 Å². The second-order valence-electron chi connectivity index (χ2n) is 19.1. The van der Waals surface area contributed by atoms with E-state index in [0.29, 0.717) is 23.4 Å². The summed E-state index contributed by atoms with van der Waals surface area (Å²) >= 11 is 0. The van der Waals surface area contributed by atoms with Crippen molar-refractivity contribution in [1.29, 1.82) is 0 Å². The summed E-state index contributed by atoms with van der Waals surface area (Å²) in [6.45, 7) is 15.2. The number of aromatic nitrogens is 2. The summed E-state index contributed by atoms with van der Waals surface area (Å²) in [4.78, 5) is 24.0. The number of amides is 2. The van der Waals surface area contributed by atoms with Crippen molar-refractivity contribution in [1.82, 2.24) is 9.13 Å². The number of fused-ring (bicyclic) bond motifs is 6. The number of halogens is 3. The molecule has 12 heteroatoms. The van der Waals surface area contributed by atoms with Gasteiger partial charge in [0, 0.05) is 55.4 Å². The number of carbonyl (C=O) groups is 2. The quantitative estimate of drug-likeness (QED) is 0.0836. The second-order valence-corrected chi connectivity index (χ2v) is 19.1. The number of benzene rings is 8. The van der Waals surface area contributed by atoms with Crippen molar-refractivity contribution in [3.8, 4) is 45.1 Å². The smallest absolute Gasteiger partial charge is 0.344 e. The number of ether oxygens (including phenoxy) is 3. The predicted octanol–water partition coefficient (Wildman–Crippen LogP) is 16.1. The van der Waals surface area contributed by atoms with Crippen LogP contribution in [-0.2, 0) is 14.3 Å². The van der Waals surface area contributed by atoms with Crippen LogP contribution in [0.1, 0.15) is 27.2 Å². The van der Waals surface area contributed by atoms with Crippen LogP contribution in [0.25, 0.3) is 77.2 Å². The zero-order valence-corrected chi connectivity index (χ0v) is 42.1. The van der Waals surface area contributed by atoms with Gasteiger partial charge in [-0.25, -0.2) is 0 Å². The number of carbonyl (C=O) groups excluding carboxylic acids is 2. The standard InChI is InChI=1S/C34H32N2O3.C30H21F3N2O2/c1-4-34(20-38-21-34)22-39-28-16-9-24(10-17-28)25-11-18-32-30(19-25)29-7-5-6-8-31(29)36(32)27-14-12-26(13-15-27)35-33(37)23(2)3;1-18(2)30(36)34-21-10-12-22(13-11-21)35-26-6-4-3-5-24(26)25-17-20(9-16-27(25)35)19-7-14-23(15-8-19)37-29(33)28(31)32/h5-19H,2,4,20-22H2,1,3H3,(H,35,37);3-17H,1H2,2H3,(H,34,36). The van der Waals surface area contributed by atoms with Crippen molar-refractivity contribution in [3.63, 3.8) is 0 Å². The number of hydrogen-bond acceptors (Lipinski definition) is 5. The average Bonchev–Trinajstić information content (AvgIpc) is 3.95. The van der Waals surface area contributed by atoms with Gasteiger partial charge >= 0.3 is 12.1 Å². The van der Waals surface area contributed by atoms with Gasteiger partial charge in [0.05, 0.1) is 47.3 Å². The maximum atomic E-state index is 13.1. The van der Waals surface area contributed by atoms with Gasteiger partial charge in [0.15, 0.2) is 0 Å². The Labute approximate surface area is 437 Å². The number of rotatable bonds is 14. The average molecular weight is 1020 g/mol. The number of hydrogen-bond donors (Lipinski definition) is 2. The summed E-state index contributed by atoms with van der Waals surface area (Å²) < 4.78 is 58.2. The number of para-hydroxylation sites is 2. The van der Waals surface area contributed by atoms with E-state index in [1.54, 1.807) is 26.0 Å². The van der Waals surface area contributed by atoms with E-state index in [-0.39, 0.29) is 23.0 Å². The zero-order chi connectivity index (χ0) is 53.1. The molecule has 10 aromatic rings. The fraction of sp³-hybridized carbons (Fsp3) is 0.125. The van der Waals surface area contributed by atoms with Crippen molar-refractivity contribution in [2.45, 2.75) is 27.2 Å². The molecule has 1 aliphatic heterocycles. The van der Waals surface area contributed by atoms with Gasteiger partial charge in [-0.05, 0) is 152 Å². The van der Waals surface area contributed by atoms with E-state index < -0.39 is 12.1 Å². The zero-order valence-electron chi connectivity index (χ0n) is 42.1. The molecule has 0 saturated carbocycles. The largest absolute Gasteiger partial charge is 0.493 e. The second kappa shape index (κ2) is 21.4. The summed E-state index contributed by atoms with van der Waals surface area (Å²) in [5.41, 5.74) is 12.8. The van der Waals surface area contributed by atoms with Gasteiger partial charge in [-0.1, -0.05) is 92.9 Å². The molecule has 9 nitrogen and oxygen atoms in total. The SMILES string of the molecule is C=C(C)C(=O)Nc1ccc(-n2c3ccccc3c3cc(-c4ccc(OC(F)=C(F)F)cc4)ccc32)cc1.C=C(C)C(=O)Nc1ccc(-n2c3ccccc3c3cc(-c4ccc(OCC5(CC)COC5)cc4)ccc32)cc1.